The van der Waals surface area contributed by atoms with E-state index in [-0.39, 0.29) is 0 Å². The van der Waals surface area contributed by atoms with Gasteiger partial charge in [-0.15, -0.1) is 0 Å². The van der Waals surface area contributed by atoms with Crippen molar-refractivity contribution < 1.29 is 4.79 Å². The van der Waals surface area contributed by atoms with Crippen molar-refractivity contribution in [3.8, 4) is 0 Å². The number of rotatable bonds is 1. The van der Waals surface area contributed by atoms with E-state index < -0.39 is 0 Å². The van der Waals surface area contributed by atoms with Crippen molar-refractivity contribution >= 4 is 5.78 Å². The summed E-state index contributed by atoms with van der Waals surface area (Å²) in [5.41, 5.74) is 3.37. The number of carbonyl (C=O) groups excluding carboxylic acids is 1. The lowest BCUT2D eigenvalue weighted by Gasteiger charge is -2.32. The third-order valence-corrected chi connectivity index (χ3v) is 3.84. The molecule has 1 saturated heterocycles. The zero-order valence-corrected chi connectivity index (χ0v) is 10.2. The van der Waals surface area contributed by atoms with E-state index in [1.807, 2.05) is 13.0 Å². The molecule has 1 unspecified atom stereocenters. The second-order valence-corrected chi connectivity index (χ2v) is 5.02. The molecule has 1 aliphatic carbocycles. The van der Waals surface area contributed by atoms with Crippen molar-refractivity contribution in [3.05, 3.63) is 34.9 Å². The first-order valence-electron chi connectivity index (χ1n) is 6.34. The molecule has 0 amide bonds. The van der Waals surface area contributed by atoms with Gasteiger partial charge in [-0.1, -0.05) is 17.7 Å². The van der Waals surface area contributed by atoms with Gasteiger partial charge in [0, 0.05) is 44.2 Å². The van der Waals surface area contributed by atoms with Crippen LogP contribution >= 0.6 is 0 Å². The highest BCUT2D eigenvalue weighted by Gasteiger charge is 2.33. The van der Waals surface area contributed by atoms with Gasteiger partial charge in [-0.05, 0) is 18.6 Å². The summed E-state index contributed by atoms with van der Waals surface area (Å²) < 4.78 is 0. The highest BCUT2D eigenvalue weighted by molar-refractivity contribution is 6.01. The number of Topliss-reactive ketones (excluding diaryl/α,β-unsaturated/α-hetero) is 1. The summed E-state index contributed by atoms with van der Waals surface area (Å²) in [6.45, 7) is 6.21. The first-order chi connectivity index (χ1) is 8.25. The van der Waals surface area contributed by atoms with Gasteiger partial charge in [0.1, 0.15) is 0 Å². The van der Waals surface area contributed by atoms with Crippen LogP contribution in [0, 0.1) is 6.92 Å². The molecule has 0 bridgehead atoms. The van der Waals surface area contributed by atoms with Crippen LogP contribution in [0.2, 0.25) is 0 Å². The molecule has 1 aliphatic heterocycles. The first-order valence-corrected chi connectivity index (χ1v) is 6.34. The van der Waals surface area contributed by atoms with Crippen LogP contribution < -0.4 is 5.32 Å². The average Bonchev–Trinajstić information content (AvgIpc) is 2.68. The molecule has 1 aromatic rings. The van der Waals surface area contributed by atoms with Crippen molar-refractivity contribution in [2.24, 2.45) is 0 Å². The van der Waals surface area contributed by atoms with Crippen molar-refractivity contribution in [2.45, 2.75) is 19.4 Å². The summed E-state index contributed by atoms with van der Waals surface area (Å²) >= 11 is 0. The fourth-order valence-corrected chi connectivity index (χ4v) is 2.92. The number of nitrogens with zero attached hydrogens (tertiary/aromatic N) is 1. The van der Waals surface area contributed by atoms with Crippen LogP contribution in [0.1, 0.15) is 33.9 Å². The van der Waals surface area contributed by atoms with E-state index in [4.69, 9.17) is 0 Å². The Bertz CT molecular complexity index is 450. The second-order valence-electron chi connectivity index (χ2n) is 5.02. The van der Waals surface area contributed by atoms with Gasteiger partial charge in [0.25, 0.3) is 0 Å². The smallest absolute Gasteiger partial charge is 0.165 e. The Hall–Kier alpha value is -1.19. The fraction of sp³-hybridized carbons (Fsp3) is 0.500. The van der Waals surface area contributed by atoms with E-state index in [0.29, 0.717) is 18.2 Å². The Morgan fingerprint density at radius 2 is 2.06 bits per heavy atom. The van der Waals surface area contributed by atoms with Gasteiger partial charge in [-0.25, -0.2) is 0 Å². The largest absolute Gasteiger partial charge is 0.314 e. The van der Waals surface area contributed by atoms with E-state index in [1.165, 1.54) is 11.1 Å². The molecular formula is C14H18N2O. The van der Waals surface area contributed by atoms with E-state index in [1.54, 1.807) is 0 Å². The minimum Gasteiger partial charge on any atom is -0.314 e. The van der Waals surface area contributed by atoms with E-state index in [0.717, 1.165) is 31.7 Å². The molecule has 3 rings (SSSR count). The minimum atomic E-state index is 0.312. The zero-order chi connectivity index (χ0) is 11.8. The topological polar surface area (TPSA) is 32.3 Å². The summed E-state index contributed by atoms with van der Waals surface area (Å²) in [7, 11) is 0. The Balaban J connectivity index is 1.92. The number of hydrogen-bond donors (Lipinski definition) is 1. The van der Waals surface area contributed by atoms with E-state index >= 15 is 0 Å². The van der Waals surface area contributed by atoms with Crippen molar-refractivity contribution in [1.82, 2.24) is 10.2 Å². The predicted octanol–water partition coefficient (Wildman–Crippen LogP) is 1.53. The van der Waals surface area contributed by atoms with Gasteiger partial charge < -0.3 is 5.32 Å². The molecule has 0 radical (unpaired) electrons. The molecule has 1 atom stereocenters. The van der Waals surface area contributed by atoms with E-state index in [2.05, 4.69) is 22.3 Å². The number of carbonyl (C=O) groups is 1. The molecule has 3 heteroatoms. The summed E-state index contributed by atoms with van der Waals surface area (Å²) in [6.07, 6.45) is 0.665. The molecule has 90 valence electrons. The lowest BCUT2D eigenvalue weighted by Crippen LogP contribution is -2.44. The molecule has 1 aromatic carbocycles. The van der Waals surface area contributed by atoms with E-state index in [9.17, 15) is 4.79 Å². The number of ketones is 1. The van der Waals surface area contributed by atoms with Crippen LogP contribution in [0.15, 0.2) is 18.2 Å². The molecule has 0 spiro atoms. The maximum absolute atomic E-state index is 12.0. The lowest BCUT2D eigenvalue weighted by molar-refractivity contribution is 0.0944. The summed E-state index contributed by atoms with van der Waals surface area (Å²) in [5.74, 6) is 0.312. The van der Waals surface area contributed by atoms with Gasteiger partial charge >= 0.3 is 0 Å². The van der Waals surface area contributed by atoms with Crippen molar-refractivity contribution in [2.75, 3.05) is 26.2 Å². The Kier molecular flexibility index (Phi) is 2.73. The molecular weight excluding hydrogens is 212 g/mol. The molecule has 0 aromatic heterocycles. The van der Waals surface area contributed by atoms with Gasteiger partial charge in [0.2, 0.25) is 0 Å². The quantitative estimate of drug-likeness (QED) is 0.794. The molecule has 1 N–H and O–H groups in total. The second kappa shape index (κ2) is 4.24. The number of fused-ring (bicyclic) bond motifs is 1. The maximum atomic E-state index is 12.0. The number of piperazine rings is 1. The molecule has 3 nitrogen and oxygen atoms in total. The van der Waals surface area contributed by atoms with Gasteiger partial charge in [-0.3, -0.25) is 9.69 Å². The summed E-state index contributed by atoms with van der Waals surface area (Å²) in [5, 5.41) is 3.36. The van der Waals surface area contributed by atoms with Crippen LogP contribution in [0.5, 0.6) is 0 Å². The van der Waals surface area contributed by atoms with Crippen LogP contribution in [0.4, 0.5) is 0 Å². The third kappa shape index (κ3) is 1.90. The lowest BCUT2D eigenvalue weighted by atomic mass is 10.0. The van der Waals surface area contributed by atoms with Gasteiger partial charge in [-0.2, -0.15) is 0 Å². The summed E-state index contributed by atoms with van der Waals surface area (Å²) in [4.78, 5) is 14.5. The Morgan fingerprint density at radius 3 is 2.82 bits per heavy atom. The number of nitrogens with one attached hydrogen (secondary N) is 1. The molecule has 1 fully saturated rings. The van der Waals surface area contributed by atoms with Crippen molar-refractivity contribution in [1.29, 1.82) is 0 Å². The van der Waals surface area contributed by atoms with Gasteiger partial charge in [0.05, 0.1) is 0 Å². The number of benzene rings is 1. The SMILES string of the molecule is Cc1ccc2c(c1)C(=O)CC2N1CCNCC1. The monoisotopic (exact) mass is 230 g/mol. The van der Waals surface area contributed by atoms with Crippen LogP contribution in [0.3, 0.4) is 0 Å². The Morgan fingerprint density at radius 1 is 1.29 bits per heavy atom. The highest BCUT2D eigenvalue weighted by Crippen LogP contribution is 2.36. The molecule has 0 saturated carbocycles. The number of aryl methyl sites for hydroxylation is 1. The minimum absolute atomic E-state index is 0.312. The predicted molar refractivity (Wildman–Crippen MR) is 67.3 cm³/mol. The fourth-order valence-electron chi connectivity index (χ4n) is 2.92. The maximum Gasteiger partial charge on any atom is 0.165 e. The van der Waals surface area contributed by atoms with Crippen LogP contribution in [-0.2, 0) is 0 Å². The van der Waals surface area contributed by atoms with Crippen LogP contribution in [0.25, 0.3) is 0 Å². The first kappa shape index (κ1) is 10.9. The normalized spacial score (nSPS) is 25.0. The Labute approximate surface area is 102 Å². The molecule has 17 heavy (non-hydrogen) atoms. The highest BCUT2D eigenvalue weighted by atomic mass is 16.1. The molecule has 1 heterocycles. The third-order valence-electron chi connectivity index (χ3n) is 3.84. The van der Waals surface area contributed by atoms with Gasteiger partial charge in [0.15, 0.2) is 5.78 Å². The zero-order valence-electron chi connectivity index (χ0n) is 10.2. The molecule has 2 aliphatic rings. The van der Waals surface area contributed by atoms with Crippen LogP contribution in [-0.4, -0.2) is 36.9 Å². The summed E-state index contributed by atoms with van der Waals surface area (Å²) in [6, 6.07) is 6.62. The van der Waals surface area contributed by atoms with Crippen molar-refractivity contribution in [3.63, 3.8) is 0 Å². The standard InChI is InChI=1S/C14H18N2O/c1-10-2-3-11-12(8-10)14(17)9-13(11)16-6-4-15-5-7-16/h2-3,8,13,15H,4-7,9H2,1H3. The number of hydrogen-bond acceptors (Lipinski definition) is 3. The average molecular weight is 230 g/mol.